The molecule has 0 aliphatic heterocycles. The molecule has 0 radical (unpaired) electrons. The van der Waals surface area contributed by atoms with Crippen molar-refractivity contribution in [2.45, 2.75) is 11.8 Å². The van der Waals surface area contributed by atoms with E-state index in [0.717, 1.165) is 16.5 Å². The Labute approximate surface area is 159 Å². The molecule has 0 bridgehead atoms. The summed E-state index contributed by atoms with van der Waals surface area (Å²) in [4.78, 5) is 1.99. The van der Waals surface area contributed by atoms with E-state index in [0.29, 0.717) is 5.56 Å². The third-order valence-electron chi connectivity index (χ3n) is 4.65. The number of aryl methyl sites for hydroxylation is 1. The molecule has 27 heavy (non-hydrogen) atoms. The molecule has 1 unspecified atom stereocenters. The molecule has 0 amide bonds. The van der Waals surface area contributed by atoms with Gasteiger partial charge < -0.3 is 9.47 Å². The average Bonchev–Trinajstić information content (AvgIpc) is 2.91. The van der Waals surface area contributed by atoms with Gasteiger partial charge in [0.25, 0.3) is 0 Å². The van der Waals surface area contributed by atoms with Crippen molar-refractivity contribution in [1.82, 2.24) is 14.2 Å². The van der Waals surface area contributed by atoms with Crippen LogP contribution in [-0.4, -0.2) is 38.5 Å². The number of likely N-dealkylation sites (N-methyl/N-ethyl adjacent to an activating group) is 1. The van der Waals surface area contributed by atoms with Gasteiger partial charge in [0.2, 0.25) is 10.0 Å². The van der Waals surface area contributed by atoms with Crippen molar-refractivity contribution in [1.29, 1.82) is 0 Å². The van der Waals surface area contributed by atoms with E-state index in [1.165, 1.54) is 18.2 Å². The SMILES string of the molecule is CN(C)C(CNS(=O)(=O)Cc1cccc(F)c1)c1cn(C)c2ccccc12. The number of fused-ring (bicyclic) bond motifs is 1. The Morgan fingerprint density at radius 1 is 1.15 bits per heavy atom. The fraction of sp³-hybridized carbons (Fsp3) is 0.300. The number of para-hydroxylation sites is 1. The van der Waals surface area contributed by atoms with Crippen molar-refractivity contribution in [3.05, 3.63) is 71.7 Å². The zero-order valence-corrected chi connectivity index (χ0v) is 16.5. The minimum Gasteiger partial charge on any atom is -0.350 e. The van der Waals surface area contributed by atoms with Crippen LogP contribution in [0.3, 0.4) is 0 Å². The lowest BCUT2D eigenvalue weighted by molar-refractivity contribution is 0.301. The van der Waals surface area contributed by atoms with E-state index in [9.17, 15) is 12.8 Å². The predicted molar refractivity (Wildman–Crippen MR) is 106 cm³/mol. The normalized spacial score (nSPS) is 13.4. The number of nitrogens with zero attached hydrogens (tertiary/aromatic N) is 2. The quantitative estimate of drug-likeness (QED) is 0.676. The van der Waals surface area contributed by atoms with E-state index in [2.05, 4.69) is 4.72 Å². The average molecular weight is 389 g/mol. The van der Waals surface area contributed by atoms with E-state index < -0.39 is 15.8 Å². The first-order chi connectivity index (χ1) is 12.8. The van der Waals surface area contributed by atoms with Crippen molar-refractivity contribution in [3.8, 4) is 0 Å². The standard InChI is InChI=1S/C20H24FN3O2S/c1-23(2)20(18-13-24(3)19-10-5-4-9-17(18)19)12-22-27(25,26)14-15-7-6-8-16(21)11-15/h4-11,13,20,22H,12,14H2,1-3H3. The van der Waals surface area contributed by atoms with Crippen molar-refractivity contribution < 1.29 is 12.8 Å². The minimum atomic E-state index is -3.58. The number of halogens is 1. The van der Waals surface area contributed by atoms with Crippen molar-refractivity contribution in [2.75, 3.05) is 20.6 Å². The molecular weight excluding hydrogens is 365 g/mol. The fourth-order valence-electron chi connectivity index (χ4n) is 3.31. The zero-order chi connectivity index (χ0) is 19.6. The summed E-state index contributed by atoms with van der Waals surface area (Å²) in [5.74, 6) is -0.690. The van der Waals surface area contributed by atoms with Gasteiger partial charge in [-0.25, -0.2) is 17.5 Å². The smallest absolute Gasteiger partial charge is 0.215 e. The number of hydrogen-bond donors (Lipinski definition) is 1. The second-order valence-corrected chi connectivity index (χ2v) is 8.74. The summed E-state index contributed by atoms with van der Waals surface area (Å²) in [6.07, 6.45) is 2.04. The Balaban J connectivity index is 1.80. The molecule has 0 aliphatic rings. The lowest BCUT2D eigenvalue weighted by Crippen LogP contribution is -2.35. The molecule has 1 N–H and O–H groups in total. The van der Waals surface area contributed by atoms with E-state index >= 15 is 0 Å². The van der Waals surface area contributed by atoms with Crippen molar-refractivity contribution in [2.24, 2.45) is 7.05 Å². The summed E-state index contributed by atoms with van der Waals surface area (Å²) in [6.45, 7) is 0.235. The highest BCUT2D eigenvalue weighted by molar-refractivity contribution is 7.88. The molecule has 0 saturated heterocycles. The van der Waals surface area contributed by atoms with Gasteiger partial charge in [-0.3, -0.25) is 0 Å². The maximum absolute atomic E-state index is 13.3. The molecule has 0 aliphatic carbocycles. The molecular formula is C20H24FN3O2S. The van der Waals surface area contributed by atoms with Gasteiger partial charge in [0.15, 0.2) is 0 Å². The summed E-state index contributed by atoms with van der Waals surface area (Å²) >= 11 is 0. The molecule has 3 aromatic rings. The third-order valence-corrected chi connectivity index (χ3v) is 5.97. The van der Waals surface area contributed by atoms with Crippen molar-refractivity contribution >= 4 is 20.9 Å². The van der Waals surface area contributed by atoms with Gasteiger partial charge in [0.05, 0.1) is 5.75 Å². The van der Waals surface area contributed by atoms with Crippen LogP contribution in [0.15, 0.2) is 54.7 Å². The maximum atomic E-state index is 13.3. The molecule has 2 aromatic carbocycles. The molecule has 0 fully saturated rings. The van der Waals surface area contributed by atoms with Crippen LogP contribution in [0.2, 0.25) is 0 Å². The Morgan fingerprint density at radius 2 is 1.89 bits per heavy atom. The molecule has 5 nitrogen and oxygen atoms in total. The highest BCUT2D eigenvalue weighted by Crippen LogP contribution is 2.28. The lowest BCUT2D eigenvalue weighted by atomic mass is 10.1. The van der Waals surface area contributed by atoms with Gasteiger partial charge >= 0.3 is 0 Å². The number of nitrogens with one attached hydrogen (secondary N) is 1. The fourth-order valence-corrected chi connectivity index (χ4v) is 4.44. The van der Waals surface area contributed by atoms with Gasteiger partial charge in [0.1, 0.15) is 5.82 Å². The van der Waals surface area contributed by atoms with Gasteiger partial charge in [-0.15, -0.1) is 0 Å². The van der Waals surface area contributed by atoms with E-state index in [-0.39, 0.29) is 18.3 Å². The maximum Gasteiger partial charge on any atom is 0.215 e. The summed E-state index contributed by atoms with van der Waals surface area (Å²) in [7, 11) is 2.24. The zero-order valence-electron chi connectivity index (χ0n) is 15.7. The molecule has 144 valence electrons. The monoisotopic (exact) mass is 389 g/mol. The number of hydrogen-bond acceptors (Lipinski definition) is 3. The van der Waals surface area contributed by atoms with Crippen LogP contribution in [0.1, 0.15) is 17.2 Å². The van der Waals surface area contributed by atoms with Gasteiger partial charge in [-0.05, 0) is 43.4 Å². The van der Waals surface area contributed by atoms with Crippen LogP contribution in [0.4, 0.5) is 4.39 Å². The van der Waals surface area contributed by atoms with Crippen LogP contribution in [0.5, 0.6) is 0 Å². The number of sulfonamides is 1. The van der Waals surface area contributed by atoms with Gasteiger partial charge in [-0.1, -0.05) is 30.3 Å². The molecule has 0 spiro atoms. The third kappa shape index (κ3) is 4.55. The molecule has 3 rings (SSSR count). The Kier molecular flexibility index (Phi) is 5.64. The largest absolute Gasteiger partial charge is 0.350 e. The molecule has 0 saturated carbocycles. The molecule has 1 atom stereocenters. The van der Waals surface area contributed by atoms with Crippen molar-refractivity contribution in [3.63, 3.8) is 0 Å². The summed E-state index contributed by atoms with van der Waals surface area (Å²) in [5, 5.41) is 1.10. The topological polar surface area (TPSA) is 54.3 Å². The van der Waals surface area contributed by atoms with E-state index in [4.69, 9.17) is 0 Å². The highest BCUT2D eigenvalue weighted by Gasteiger charge is 2.22. The van der Waals surface area contributed by atoms with Gasteiger partial charge in [-0.2, -0.15) is 0 Å². The second-order valence-electron chi connectivity index (χ2n) is 6.93. The predicted octanol–water partition coefficient (Wildman–Crippen LogP) is 3.04. The van der Waals surface area contributed by atoms with Crippen LogP contribution in [0, 0.1) is 5.82 Å². The summed E-state index contributed by atoms with van der Waals surface area (Å²) in [5.41, 5.74) is 2.59. The highest BCUT2D eigenvalue weighted by atomic mass is 32.2. The lowest BCUT2D eigenvalue weighted by Gasteiger charge is -2.24. The first kappa shape index (κ1) is 19.5. The first-order valence-corrected chi connectivity index (χ1v) is 10.3. The summed E-state index contributed by atoms with van der Waals surface area (Å²) in [6, 6.07) is 13.6. The summed E-state index contributed by atoms with van der Waals surface area (Å²) < 4.78 is 43.0. The molecule has 1 aromatic heterocycles. The number of benzene rings is 2. The first-order valence-electron chi connectivity index (χ1n) is 8.69. The Hall–Kier alpha value is -2.22. The second kappa shape index (κ2) is 7.80. The number of aromatic nitrogens is 1. The van der Waals surface area contributed by atoms with Crippen LogP contribution in [-0.2, 0) is 22.8 Å². The minimum absolute atomic E-state index is 0.126. The Morgan fingerprint density at radius 3 is 2.59 bits per heavy atom. The van der Waals surface area contributed by atoms with E-state index in [1.54, 1.807) is 6.07 Å². The molecule has 7 heteroatoms. The van der Waals surface area contributed by atoms with Gasteiger partial charge in [0, 0.05) is 36.7 Å². The van der Waals surface area contributed by atoms with E-state index in [1.807, 2.05) is 61.1 Å². The number of rotatable bonds is 7. The molecule has 1 heterocycles. The van der Waals surface area contributed by atoms with Crippen LogP contribution < -0.4 is 4.72 Å². The van der Waals surface area contributed by atoms with Crippen LogP contribution >= 0.6 is 0 Å². The van der Waals surface area contributed by atoms with Crippen LogP contribution in [0.25, 0.3) is 10.9 Å². The Bertz CT molecular complexity index is 1040.